The lowest BCUT2D eigenvalue weighted by Crippen LogP contribution is -2.17. The molecule has 35 heavy (non-hydrogen) atoms. The molecule has 0 saturated heterocycles. The maximum atomic E-state index is 13.7. The summed E-state index contributed by atoms with van der Waals surface area (Å²) in [6.07, 6.45) is 1.98. The van der Waals surface area contributed by atoms with Gasteiger partial charge in [-0.2, -0.15) is 10.2 Å². The molecule has 178 valence electrons. The first-order chi connectivity index (χ1) is 16.7. The third-order valence-corrected chi connectivity index (χ3v) is 7.05. The van der Waals surface area contributed by atoms with E-state index in [-0.39, 0.29) is 21.1 Å². The Morgan fingerprint density at radius 2 is 2.03 bits per heavy atom. The number of carbonyl (C=O) groups excluding carboxylic acids is 2. The second-order valence-corrected chi connectivity index (χ2v) is 9.34. The number of amides is 2. The monoisotopic (exact) mass is 560 g/mol. The lowest BCUT2D eigenvalue weighted by Gasteiger charge is -2.10. The van der Waals surface area contributed by atoms with Crippen LogP contribution in [0.5, 0.6) is 0 Å². The number of nitrogens with two attached hydrogens (primary N) is 1. The van der Waals surface area contributed by atoms with E-state index in [0.29, 0.717) is 32.3 Å². The van der Waals surface area contributed by atoms with Crippen LogP contribution in [-0.4, -0.2) is 41.2 Å². The highest BCUT2D eigenvalue weighted by atomic mass is 79.9. The number of halogens is 3. The fraction of sp³-hybridized carbons (Fsp3) is 0.143. The summed E-state index contributed by atoms with van der Waals surface area (Å²) in [4.78, 5) is 33.9. The van der Waals surface area contributed by atoms with E-state index in [4.69, 9.17) is 5.73 Å². The molecule has 0 atom stereocenters. The molecule has 0 spiro atoms. The average Bonchev–Trinajstić information content (AvgIpc) is 3.46. The third-order valence-electron chi connectivity index (χ3n) is 5.23. The molecule has 10 nitrogen and oxygen atoms in total. The number of aromatic nitrogens is 6. The van der Waals surface area contributed by atoms with Gasteiger partial charge in [0.1, 0.15) is 15.4 Å². The van der Waals surface area contributed by atoms with Crippen LogP contribution in [0.3, 0.4) is 0 Å². The molecule has 0 saturated carbocycles. The van der Waals surface area contributed by atoms with Crippen LogP contribution in [-0.2, 0) is 7.05 Å². The lowest BCUT2D eigenvalue weighted by molar-refractivity contribution is 0.100. The number of carbonyl (C=O) groups is 2. The second kappa shape index (κ2) is 8.46. The maximum Gasteiger partial charge on any atom is 0.280 e. The minimum absolute atomic E-state index is 0.00902. The molecule has 0 aromatic carbocycles. The summed E-state index contributed by atoms with van der Waals surface area (Å²) in [6, 6.07) is 2.88. The predicted molar refractivity (Wildman–Crippen MR) is 129 cm³/mol. The summed E-state index contributed by atoms with van der Waals surface area (Å²) in [7, 11) is 1.70. The van der Waals surface area contributed by atoms with Crippen molar-refractivity contribution < 1.29 is 18.4 Å². The van der Waals surface area contributed by atoms with Crippen LogP contribution in [0.2, 0.25) is 0 Å². The first-order valence-electron chi connectivity index (χ1n) is 10.0. The Bertz CT molecular complexity index is 1660. The number of pyridine rings is 1. The zero-order chi connectivity index (χ0) is 25.0. The molecule has 0 aliphatic carbocycles. The van der Waals surface area contributed by atoms with Gasteiger partial charge in [-0.25, -0.2) is 23.3 Å². The number of aryl methyl sites for hydroxylation is 2. The van der Waals surface area contributed by atoms with Gasteiger partial charge >= 0.3 is 0 Å². The van der Waals surface area contributed by atoms with Gasteiger partial charge in [-0.15, -0.1) is 11.3 Å². The Kier molecular flexibility index (Phi) is 5.56. The van der Waals surface area contributed by atoms with Gasteiger partial charge in [0.2, 0.25) is 0 Å². The van der Waals surface area contributed by atoms with Crippen LogP contribution < -0.4 is 11.1 Å². The van der Waals surface area contributed by atoms with Crippen molar-refractivity contribution in [3.8, 4) is 11.1 Å². The molecule has 3 N–H and O–H groups in total. The lowest BCUT2D eigenvalue weighted by atomic mass is 10.0. The van der Waals surface area contributed by atoms with Gasteiger partial charge in [0.05, 0.1) is 15.9 Å². The molecule has 0 aliphatic rings. The molecule has 2 amide bonds. The fourth-order valence-electron chi connectivity index (χ4n) is 3.78. The highest BCUT2D eigenvalue weighted by Crippen LogP contribution is 2.43. The minimum atomic E-state index is -2.85. The van der Waals surface area contributed by atoms with Crippen molar-refractivity contribution in [3.63, 3.8) is 0 Å². The molecule has 5 aromatic heterocycles. The zero-order valence-corrected chi connectivity index (χ0v) is 20.5. The summed E-state index contributed by atoms with van der Waals surface area (Å²) in [5.41, 5.74) is 7.06. The highest BCUT2D eigenvalue weighted by molar-refractivity contribution is 9.10. The Morgan fingerprint density at radius 1 is 1.26 bits per heavy atom. The van der Waals surface area contributed by atoms with Crippen LogP contribution in [0.4, 0.5) is 14.5 Å². The molecule has 0 radical (unpaired) electrons. The standard InChI is InChI=1S/C21H15BrF2N8O2S/c1-8-10(7-31(2)29-8)9-6-11(17(23)24)27-21-12(9)14(16(35-21)18(25)33)28-20(34)15-13(22)19-26-4-3-5-32(19)30-15/h3-7,17H,1-2H3,(H2,25,33)(H,28,34). The van der Waals surface area contributed by atoms with Crippen LogP contribution in [0.1, 0.15) is 38.0 Å². The quantitative estimate of drug-likeness (QED) is 0.332. The van der Waals surface area contributed by atoms with E-state index < -0.39 is 23.9 Å². The molecule has 14 heteroatoms. The topological polar surface area (TPSA) is 133 Å². The molecule has 0 unspecified atom stereocenters. The SMILES string of the molecule is Cc1nn(C)cc1-c1cc(C(F)F)nc2sc(C(N)=O)c(NC(=O)c3nn4cccnc4c3Br)c12. The van der Waals surface area contributed by atoms with E-state index >= 15 is 0 Å². The van der Waals surface area contributed by atoms with Gasteiger partial charge < -0.3 is 11.1 Å². The van der Waals surface area contributed by atoms with Gasteiger partial charge in [-0.3, -0.25) is 14.3 Å². The van der Waals surface area contributed by atoms with Gasteiger partial charge in [0, 0.05) is 36.6 Å². The van der Waals surface area contributed by atoms with Crippen LogP contribution in [0.15, 0.2) is 35.2 Å². The smallest absolute Gasteiger partial charge is 0.280 e. The van der Waals surface area contributed by atoms with E-state index in [9.17, 15) is 18.4 Å². The number of anilines is 1. The van der Waals surface area contributed by atoms with Crippen molar-refractivity contribution in [2.24, 2.45) is 12.8 Å². The van der Waals surface area contributed by atoms with E-state index in [1.807, 2.05) is 0 Å². The number of nitrogens with zero attached hydrogens (tertiary/aromatic N) is 6. The third kappa shape index (κ3) is 3.83. The molecule has 5 aromatic rings. The molecular formula is C21H15BrF2N8O2S. The number of thiophene rings is 1. The van der Waals surface area contributed by atoms with Gasteiger partial charge in [0.25, 0.3) is 18.2 Å². The first kappa shape index (κ1) is 23.0. The summed E-state index contributed by atoms with van der Waals surface area (Å²) >= 11 is 4.16. The molecule has 5 rings (SSSR count). The summed E-state index contributed by atoms with van der Waals surface area (Å²) in [6.45, 7) is 1.73. The number of hydrogen-bond donors (Lipinski definition) is 2. The second-order valence-electron chi connectivity index (χ2n) is 7.55. The van der Waals surface area contributed by atoms with Crippen molar-refractivity contribution >= 4 is 60.6 Å². The average molecular weight is 561 g/mol. The van der Waals surface area contributed by atoms with E-state index in [0.717, 1.165) is 11.3 Å². The zero-order valence-electron chi connectivity index (χ0n) is 18.1. The van der Waals surface area contributed by atoms with E-state index in [2.05, 4.69) is 41.4 Å². The van der Waals surface area contributed by atoms with Crippen LogP contribution in [0, 0.1) is 6.92 Å². The number of rotatable bonds is 5. The number of fused-ring (bicyclic) bond motifs is 2. The Hall–Kier alpha value is -3.78. The van der Waals surface area contributed by atoms with Crippen molar-refractivity contribution in [2.75, 3.05) is 5.32 Å². The fourth-order valence-corrected chi connectivity index (χ4v) is 5.33. The largest absolute Gasteiger partial charge is 0.365 e. The molecular weight excluding hydrogens is 546 g/mol. The Morgan fingerprint density at radius 3 is 2.66 bits per heavy atom. The number of nitrogens with one attached hydrogen (secondary N) is 1. The maximum absolute atomic E-state index is 13.7. The summed E-state index contributed by atoms with van der Waals surface area (Å²) in [5.74, 6) is -1.50. The normalized spacial score (nSPS) is 11.6. The number of hydrogen-bond acceptors (Lipinski definition) is 7. The van der Waals surface area contributed by atoms with E-state index in [1.165, 1.54) is 10.6 Å². The highest BCUT2D eigenvalue weighted by Gasteiger charge is 2.28. The number of primary amides is 1. The predicted octanol–water partition coefficient (Wildman–Crippen LogP) is 4.10. The summed E-state index contributed by atoms with van der Waals surface area (Å²) in [5, 5.41) is 11.5. The first-order valence-corrected chi connectivity index (χ1v) is 11.6. The Balaban J connectivity index is 1.74. The molecule has 0 fully saturated rings. The van der Waals surface area contributed by atoms with Crippen LogP contribution >= 0.6 is 27.3 Å². The number of alkyl halides is 2. The minimum Gasteiger partial charge on any atom is -0.365 e. The van der Waals surface area contributed by atoms with Crippen molar-refractivity contribution in [2.45, 2.75) is 13.3 Å². The molecule has 5 heterocycles. The molecule has 0 bridgehead atoms. The van der Waals surface area contributed by atoms with E-state index in [1.54, 1.807) is 43.3 Å². The van der Waals surface area contributed by atoms with Crippen LogP contribution in [0.25, 0.3) is 27.0 Å². The van der Waals surface area contributed by atoms with Gasteiger partial charge in [-0.1, -0.05) is 0 Å². The van der Waals surface area contributed by atoms with Gasteiger partial charge in [-0.05, 0) is 40.5 Å². The van der Waals surface area contributed by atoms with Crippen molar-refractivity contribution in [1.29, 1.82) is 0 Å². The summed E-state index contributed by atoms with van der Waals surface area (Å²) < 4.78 is 30.7. The Labute approximate surface area is 207 Å². The van der Waals surface area contributed by atoms with Gasteiger partial charge in [0.15, 0.2) is 11.3 Å². The van der Waals surface area contributed by atoms with Crippen molar-refractivity contribution in [3.05, 3.63) is 57.2 Å². The molecule has 0 aliphatic heterocycles. The van der Waals surface area contributed by atoms with Crippen molar-refractivity contribution in [1.82, 2.24) is 29.4 Å².